The highest BCUT2D eigenvalue weighted by molar-refractivity contribution is 5.74. The van der Waals surface area contributed by atoms with Crippen molar-refractivity contribution in [2.45, 2.75) is 46.2 Å². The zero-order valence-corrected chi connectivity index (χ0v) is 13.2. The first-order chi connectivity index (χ1) is 9.92. The summed E-state index contributed by atoms with van der Waals surface area (Å²) in [5.41, 5.74) is 0.693. The highest BCUT2D eigenvalue weighted by Gasteiger charge is 2.08. The normalized spacial score (nSPS) is 12.1. The molecule has 0 spiro atoms. The van der Waals surface area contributed by atoms with Crippen molar-refractivity contribution >= 4 is 6.03 Å². The Bertz CT molecular complexity index is 464. The van der Waals surface area contributed by atoms with Gasteiger partial charge in [0.05, 0.1) is 7.11 Å². The molecule has 0 bridgehead atoms. The third kappa shape index (κ3) is 6.47. The molecule has 0 aromatic heterocycles. The van der Waals surface area contributed by atoms with E-state index < -0.39 is 5.82 Å². The van der Waals surface area contributed by atoms with Gasteiger partial charge in [-0.15, -0.1) is 0 Å². The number of rotatable bonds is 7. The number of amides is 2. The fourth-order valence-corrected chi connectivity index (χ4v) is 1.93. The van der Waals surface area contributed by atoms with Gasteiger partial charge in [-0.25, -0.2) is 9.18 Å². The minimum atomic E-state index is -0.428. The molecule has 2 N–H and O–H groups in total. The number of hydrogen-bond acceptors (Lipinski definition) is 2. The van der Waals surface area contributed by atoms with Crippen LogP contribution >= 0.6 is 0 Å². The lowest BCUT2D eigenvalue weighted by atomic mass is 10.0. The number of carbonyl (C=O) groups excluding carboxylic acids is 1. The first kappa shape index (κ1) is 17.3. The third-order valence-corrected chi connectivity index (χ3v) is 3.22. The van der Waals surface area contributed by atoms with Crippen molar-refractivity contribution < 1.29 is 13.9 Å². The van der Waals surface area contributed by atoms with Gasteiger partial charge in [-0.05, 0) is 43.4 Å². The molecule has 1 aromatic carbocycles. The molecule has 2 amide bonds. The smallest absolute Gasteiger partial charge is 0.315 e. The molecular formula is C16H25FN2O2. The first-order valence-electron chi connectivity index (χ1n) is 7.29. The van der Waals surface area contributed by atoms with Crippen LogP contribution in [0.3, 0.4) is 0 Å². The van der Waals surface area contributed by atoms with Gasteiger partial charge >= 0.3 is 6.03 Å². The van der Waals surface area contributed by atoms with Crippen LogP contribution in [0.15, 0.2) is 18.2 Å². The van der Waals surface area contributed by atoms with Crippen LogP contribution in [-0.2, 0) is 6.54 Å². The Hall–Kier alpha value is -1.78. The van der Waals surface area contributed by atoms with Crippen molar-refractivity contribution in [2.24, 2.45) is 5.92 Å². The second kappa shape index (κ2) is 8.49. The van der Waals surface area contributed by atoms with Crippen molar-refractivity contribution in [3.8, 4) is 5.75 Å². The quantitative estimate of drug-likeness (QED) is 0.809. The minimum Gasteiger partial charge on any atom is -0.494 e. The van der Waals surface area contributed by atoms with Crippen LogP contribution in [0.2, 0.25) is 0 Å². The predicted octanol–water partition coefficient (Wildman–Crippen LogP) is 3.46. The van der Waals surface area contributed by atoms with Crippen LogP contribution in [0.5, 0.6) is 5.75 Å². The third-order valence-electron chi connectivity index (χ3n) is 3.22. The second-order valence-corrected chi connectivity index (χ2v) is 5.67. The molecule has 0 heterocycles. The predicted molar refractivity (Wildman–Crippen MR) is 81.9 cm³/mol. The molecule has 0 saturated carbocycles. The highest BCUT2D eigenvalue weighted by atomic mass is 19.1. The topological polar surface area (TPSA) is 50.4 Å². The minimum absolute atomic E-state index is 0.125. The highest BCUT2D eigenvalue weighted by Crippen LogP contribution is 2.17. The summed E-state index contributed by atoms with van der Waals surface area (Å²) in [5.74, 6) is 0.396. The summed E-state index contributed by atoms with van der Waals surface area (Å²) in [5, 5.41) is 5.60. The molecule has 0 aliphatic rings. The number of urea groups is 1. The molecule has 1 atom stereocenters. The molecule has 0 saturated heterocycles. The fourth-order valence-electron chi connectivity index (χ4n) is 1.93. The molecular weight excluding hydrogens is 271 g/mol. The Morgan fingerprint density at radius 1 is 1.29 bits per heavy atom. The first-order valence-corrected chi connectivity index (χ1v) is 7.29. The van der Waals surface area contributed by atoms with Gasteiger partial charge in [-0.3, -0.25) is 0 Å². The molecule has 118 valence electrons. The van der Waals surface area contributed by atoms with E-state index >= 15 is 0 Å². The Kier molecular flexibility index (Phi) is 6.99. The van der Waals surface area contributed by atoms with Gasteiger partial charge in [0, 0.05) is 12.6 Å². The van der Waals surface area contributed by atoms with Gasteiger partial charge < -0.3 is 15.4 Å². The lowest BCUT2D eigenvalue weighted by Crippen LogP contribution is -2.40. The number of hydrogen-bond donors (Lipinski definition) is 2. The zero-order valence-electron chi connectivity index (χ0n) is 13.2. The van der Waals surface area contributed by atoms with E-state index in [2.05, 4.69) is 24.5 Å². The van der Waals surface area contributed by atoms with Crippen molar-refractivity contribution in [1.82, 2.24) is 10.6 Å². The molecule has 21 heavy (non-hydrogen) atoms. The van der Waals surface area contributed by atoms with E-state index in [1.807, 2.05) is 6.92 Å². The number of benzene rings is 1. The van der Waals surface area contributed by atoms with Crippen LogP contribution in [0.1, 0.15) is 39.2 Å². The van der Waals surface area contributed by atoms with Crippen molar-refractivity contribution in [3.63, 3.8) is 0 Å². The molecule has 1 aromatic rings. The summed E-state index contributed by atoms with van der Waals surface area (Å²) < 4.78 is 18.4. The maximum Gasteiger partial charge on any atom is 0.315 e. The van der Waals surface area contributed by atoms with Gasteiger partial charge in [0.1, 0.15) is 0 Å². The Balaban J connectivity index is 2.37. The summed E-state index contributed by atoms with van der Waals surface area (Å²) in [6.45, 7) is 6.58. The maximum atomic E-state index is 13.5. The van der Waals surface area contributed by atoms with Crippen LogP contribution in [-0.4, -0.2) is 19.2 Å². The second-order valence-electron chi connectivity index (χ2n) is 5.67. The Morgan fingerprint density at radius 2 is 2.00 bits per heavy atom. The number of halogens is 1. The van der Waals surface area contributed by atoms with Crippen molar-refractivity contribution in [1.29, 1.82) is 0 Å². The summed E-state index contributed by atoms with van der Waals surface area (Å²) in [7, 11) is 1.42. The average molecular weight is 296 g/mol. The SMILES string of the molecule is COc1ccc(CNC(=O)NC(C)CCC(C)C)cc1F. The van der Waals surface area contributed by atoms with E-state index in [1.54, 1.807) is 12.1 Å². The van der Waals surface area contributed by atoms with Crippen molar-refractivity contribution in [3.05, 3.63) is 29.6 Å². The van der Waals surface area contributed by atoms with Gasteiger partial charge in [0.15, 0.2) is 11.6 Å². The van der Waals surface area contributed by atoms with Gasteiger partial charge in [-0.2, -0.15) is 0 Å². The maximum absolute atomic E-state index is 13.5. The van der Waals surface area contributed by atoms with Crippen LogP contribution in [0.25, 0.3) is 0 Å². The van der Waals surface area contributed by atoms with E-state index in [0.29, 0.717) is 11.5 Å². The van der Waals surface area contributed by atoms with Crippen molar-refractivity contribution in [2.75, 3.05) is 7.11 Å². The number of carbonyl (C=O) groups is 1. The lowest BCUT2D eigenvalue weighted by Gasteiger charge is -2.15. The molecule has 1 unspecified atom stereocenters. The number of ether oxygens (including phenoxy) is 1. The standard InChI is InChI=1S/C16H25FN2O2/c1-11(2)5-6-12(3)19-16(20)18-10-13-7-8-15(21-4)14(17)9-13/h7-9,11-12H,5-6,10H2,1-4H3,(H2,18,19,20). The van der Waals surface area contributed by atoms with Gasteiger partial charge in [0.2, 0.25) is 0 Å². The molecule has 0 aliphatic heterocycles. The molecule has 0 radical (unpaired) electrons. The molecule has 5 heteroatoms. The Morgan fingerprint density at radius 3 is 2.57 bits per heavy atom. The van der Waals surface area contributed by atoms with Crippen LogP contribution in [0, 0.1) is 11.7 Å². The van der Waals surface area contributed by atoms with E-state index in [0.717, 1.165) is 12.8 Å². The van der Waals surface area contributed by atoms with Crippen LogP contribution in [0.4, 0.5) is 9.18 Å². The number of methoxy groups -OCH3 is 1. The zero-order chi connectivity index (χ0) is 15.8. The summed E-state index contributed by atoms with van der Waals surface area (Å²) in [6.07, 6.45) is 2.02. The van der Waals surface area contributed by atoms with E-state index in [9.17, 15) is 9.18 Å². The lowest BCUT2D eigenvalue weighted by molar-refractivity contribution is 0.236. The summed E-state index contributed by atoms with van der Waals surface area (Å²) >= 11 is 0. The van der Waals surface area contributed by atoms with Crippen LogP contribution < -0.4 is 15.4 Å². The van der Waals surface area contributed by atoms with E-state index in [-0.39, 0.29) is 24.4 Å². The average Bonchev–Trinajstić information content (AvgIpc) is 2.43. The monoisotopic (exact) mass is 296 g/mol. The number of nitrogens with one attached hydrogen (secondary N) is 2. The van der Waals surface area contributed by atoms with E-state index in [1.165, 1.54) is 13.2 Å². The van der Waals surface area contributed by atoms with Gasteiger partial charge in [-0.1, -0.05) is 19.9 Å². The van der Waals surface area contributed by atoms with E-state index in [4.69, 9.17) is 4.74 Å². The molecule has 0 fully saturated rings. The largest absolute Gasteiger partial charge is 0.494 e. The molecule has 4 nitrogen and oxygen atoms in total. The summed E-state index contributed by atoms with van der Waals surface area (Å²) in [4.78, 5) is 11.7. The Labute approximate surface area is 126 Å². The fraction of sp³-hybridized carbons (Fsp3) is 0.562. The van der Waals surface area contributed by atoms with Gasteiger partial charge in [0.25, 0.3) is 0 Å². The molecule has 0 aliphatic carbocycles. The molecule has 1 rings (SSSR count). The summed E-state index contributed by atoms with van der Waals surface area (Å²) in [6, 6.07) is 4.53.